The first-order chi connectivity index (χ1) is 17.7. The number of nitrogens with one attached hydrogen (secondary N) is 4. The lowest BCUT2D eigenvalue weighted by Crippen LogP contribution is -2.58. The van der Waals surface area contributed by atoms with Crippen molar-refractivity contribution in [1.29, 1.82) is 0 Å². The normalized spacial score (nSPS) is 13.3. The maximum absolute atomic E-state index is 13.6. The van der Waals surface area contributed by atoms with Crippen molar-refractivity contribution >= 4 is 39.6 Å². The molecule has 2 aromatic heterocycles. The fourth-order valence-corrected chi connectivity index (χ4v) is 4.30. The predicted octanol–water partition coefficient (Wildman–Crippen LogP) is 2.70. The standard InChI is InChI=1S/C28H33N5O4/c1-4-37-26(35)24(14-18-16-31-22-12-8-6-10-20(18)22)32-25(34)23(33-27(36)28(2,3)29)13-17-15-30-21-11-7-5-9-19(17)21/h5-12,15-16,23-24,30-31H,4,13-14,29H2,1-3H3,(H,32,34)(H,33,36). The summed E-state index contributed by atoms with van der Waals surface area (Å²) in [5.41, 5.74) is 8.38. The van der Waals surface area contributed by atoms with Gasteiger partial charge in [0.25, 0.3) is 0 Å². The third-order valence-electron chi connectivity index (χ3n) is 6.29. The molecular formula is C28H33N5O4. The van der Waals surface area contributed by atoms with Crippen LogP contribution in [0.5, 0.6) is 0 Å². The van der Waals surface area contributed by atoms with E-state index < -0.39 is 35.4 Å². The molecule has 0 bridgehead atoms. The van der Waals surface area contributed by atoms with Crippen LogP contribution in [0.15, 0.2) is 60.9 Å². The molecule has 37 heavy (non-hydrogen) atoms. The highest BCUT2D eigenvalue weighted by Gasteiger charge is 2.32. The number of rotatable bonds is 10. The van der Waals surface area contributed by atoms with E-state index in [0.29, 0.717) is 0 Å². The molecule has 2 aromatic carbocycles. The minimum Gasteiger partial charge on any atom is -0.464 e. The van der Waals surface area contributed by atoms with Crippen molar-refractivity contribution in [1.82, 2.24) is 20.6 Å². The Bertz CT molecular complexity index is 1410. The van der Waals surface area contributed by atoms with Gasteiger partial charge in [0, 0.05) is 47.0 Å². The second kappa shape index (κ2) is 10.9. The lowest BCUT2D eigenvalue weighted by Gasteiger charge is -2.25. The number of amides is 2. The van der Waals surface area contributed by atoms with E-state index in [-0.39, 0.29) is 19.4 Å². The smallest absolute Gasteiger partial charge is 0.328 e. The molecule has 6 N–H and O–H groups in total. The summed E-state index contributed by atoms with van der Waals surface area (Å²) < 4.78 is 5.27. The summed E-state index contributed by atoms with van der Waals surface area (Å²) >= 11 is 0. The molecule has 4 aromatic rings. The monoisotopic (exact) mass is 503 g/mol. The first kappa shape index (κ1) is 26.0. The zero-order valence-electron chi connectivity index (χ0n) is 21.3. The Morgan fingerprint density at radius 3 is 1.89 bits per heavy atom. The zero-order chi connectivity index (χ0) is 26.6. The largest absolute Gasteiger partial charge is 0.464 e. The van der Waals surface area contributed by atoms with Gasteiger partial charge in [-0.05, 0) is 44.0 Å². The summed E-state index contributed by atoms with van der Waals surface area (Å²) in [6.45, 7) is 5.03. The molecule has 0 fully saturated rings. The molecule has 0 aliphatic carbocycles. The van der Waals surface area contributed by atoms with E-state index in [9.17, 15) is 14.4 Å². The van der Waals surface area contributed by atoms with Crippen LogP contribution in [0.3, 0.4) is 0 Å². The fraction of sp³-hybridized carbons (Fsp3) is 0.321. The third kappa shape index (κ3) is 6.00. The molecule has 0 aliphatic rings. The molecule has 194 valence electrons. The van der Waals surface area contributed by atoms with Gasteiger partial charge in [-0.15, -0.1) is 0 Å². The quantitative estimate of drug-likeness (QED) is 0.212. The van der Waals surface area contributed by atoms with Gasteiger partial charge in [0.1, 0.15) is 12.1 Å². The number of carbonyl (C=O) groups is 3. The second-order valence-electron chi connectivity index (χ2n) is 9.69. The topological polar surface area (TPSA) is 142 Å². The number of aromatic amines is 2. The summed E-state index contributed by atoms with van der Waals surface area (Å²) in [7, 11) is 0. The molecular weight excluding hydrogens is 470 g/mol. The molecule has 0 saturated heterocycles. The van der Waals surface area contributed by atoms with Crippen LogP contribution in [0.1, 0.15) is 31.9 Å². The van der Waals surface area contributed by atoms with Gasteiger partial charge in [-0.1, -0.05) is 36.4 Å². The van der Waals surface area contributed by atoms with Gasteiger partial charge >= 0.3 is 5.97 Å². The number of hydrogen-bond acceptors (Lipinski definition) is 5. The van der Waals surface area contributed by atoms with E-state index in [0.717, 1.165) is 32.9 Å². The van der Waals surface area contributed by atoms with Crippen molar-refractivity contribution < 1.29 is 19.1 Å². The highest BCUT2D eigenvalue weighted by molar-refractivity contribution is 5.94. The number of fused-ring (bicyclic) bond motifs is 2. The highest BCUT2D eigenvalue weighted by Crippen LogP contribution is 2.21. The van der Waals surface area contributed by atoms with Crippen molar-refractivity contribution in [2.45, 2.75) is 51.2 Å². The molecule has 0 aliphatic heterocycles. The van der Waals surface area contributed by atoms with Crippen LogP contribution in [0.2, 0.25) is 0 Å². The van der Waals surface area contributed by atoms with E-state index in [1.54, 1.807) is 20.8 Å². The number of nitrogens with two attached hydrogens (primary N) is 1. The lowest BCUT2D eigenvalue weighted by molar-refractivity contribution is -0.147. The maximum Gasteiger partial charge on any atom is 0.328 e. The SMILES string of the molecule is CCOC(=O)C(Cc1c[nH]c2ccccc12)NC(=O)C(Cc1c[nH]c2ccccc12)NC(=O)C(C)(C)N. The van der Waals surface area contributed by atoms with Crippen LogP contribution in [0, 0.1) is 0 Å². The number of aromatic nitrogens is 2. The number of hydrogen-bond donors (Lipinski definition) is 5. The number of benzene rings is 2. The van der Waals surface area contributed by atoms with Crippen molar-refractivity contribution in [3.63, 3.8) is 0 Å². The Balaban J connectivity index is 1.60. The average Bonchev–Trinajstić information content (AvgIpc) is 3.47. The minimum atomic E-state index is -1.19. The first-order valence-corrected chi connectivity index (χ1v) is 12.3. The Hall–Kier alpha value is -4.11. The highest BCUT2D eigenvalue weighted by atomic mass is 16.5. The van der Waals surface area contributed by atoms with Gasteiger partial charge in [0.2, 0.25) is 11.8 Å². The van der Waals surface area contributed by atoms with Crippen molar-refractivity contribution in [3.8, 4) is 0 Å². The molecule has 0 radical (unpaired) electrons. The molecule has 0 saturated carbocycles. The Morgan fingerprint density at radius 1 is 0.865 bits per heavy atom. The summed E-state index contributed by atoms with van der Waals surface area (Å²) in [6.07, 6.45) is 4.08. The Kier molecular flexibility index (Phi) is 7.63. The van der Waals surface area contributed by atoms with Crippen LogP contribution in [-0.4, -0.2) is 52.0 Å². The molecule has 2 atom stereocenters. The van der Waals surface area contributed by atoms with E-state index in [1.165, 1.54) is 0 Å². The average molecular weight is 504 g/mol. The maximum atomic E-state index is 13.6. The van der Waals surface area contributed by atoms with Crippen LogP contribution >= 0.6 is 0 Å². The van der Waals surface area contributed by atoms with Crippen molar-refractivity contribution in [2.24, 2.45) is 5.73 Å². The van der Waals surface area contributed by atoms with E-state index in [1.807, 2.05) is 60.9 Å². The van der Waals surface area contributed by atoms with Crippen LogP contribution in [0.25, 0.3) is 21.8 Å². The van der Waals surface area contributed by atoms with Gasteiger partial charge < -0.3 is 31.1 Å². The molecule has 0 spiro atoms. The van der Waals surface area contributed by atoms with Gasteiger partial charge in [0.05, 0.1) is 12.1 Å². The van der Waals surface area contributed by atoms with E-state index >= 15 is 0 Å². The van der Waals surface area contributed by atoms with Crippen molar-refractivity contribution in [2.75, 3.05) is 6.61 Å². The fourth-order valence-electron chi connectivity index (χ4n) is 4.30. The van der Waals surface area contributed by atoms with Gasteiger partial charge in [-0.2, -0.15) is 0 Å². The number of para-hydroxylation sites is 2. The van der Waals surface area contributed by atoms with Crippen molar-refractivity contribution in [3.05, 3.63) is 72.1 Å². The van der Waals surface area contributed by atoms with Gasteiger partial charge in [0.15, 0.2) is 0 Å². The molecule has 4 rings (SSSR count). The van der Waals surface area contributed by atoms with E-state index in [4.69, 9.17) is 10.5 Å². The number of carbonyl (C=O) groups excluding carboxylic acids is 3. The number of ether oxygens (including phenoxy) is 1. The van der Waals surface area contributed by atoms with Gasteiger partial charge in [-0.25, -0.2) is 4.79 Å². The molecule has 2 amide bonds. The summed E-state index contributed by atoms with van der Waals surface area (Å²) in [5.74, 6) is -1.52. The Morgan fingerprint density at radius 2 is 1.38 bits per heavy atom. The molecule has 9 nitrogen and oxygen atoms in total. The summed E-state index contributed by atoms with van der Waals surface area (Å²) in [5, 5.41) is 7.51. The summed E-state index contributed by atoms with van der Waals surface area (Å²) in [4.78, 5) is 45.6. The number of esters is 1. The number of H-pyrrole nitrogens is 2. The predicted molar refractivity (Wildman–Crippen MR) is 143 cm³/mol. The molecule has 9 heteroatoms. The molecule has 2 heterocycles. The zero-order valence-corrected chi connectivity index (χ0v) is 21.3. The van der Waals surface area contributed by atoms with Crippen LogP contribution in [0.4, 0.5) is 0 Å². The first-order valence-electron chi connectivity index (χ1n) is 12.3. The Labute approximate surface area is 215 Å². The van der Waals surface area contributed by atoms with E-state index in [2.05, 4.69) is 20.6 Å². The van der Waals surface area contributed by atoms with Crippen LogP contribution < -0.4 is 16.4 Å². The second-order valence-corrected chi connectivity index (χ2v) is 9.69. The van der Waals surface area contributed by atoms with Crippen LogP contribution in [-0.2, 0) is 32.0 Å². The summed E-state index contributed by atoms with van der Waals surface area (Å²) in [6, 6.07) is 13.5. The van der Waals surface area contributed by atoms with Gasteiger partial charge in [-0.3, -0.25) is 9.59 Å². The third-order valence-corrected chi connectivity index (χ3v) is 6.29. The minimum absolute atomic E-state index is 0.177. The molecule has 2 unspecified atom stereocenters. The lowest BCUT2D eigenvalue weighted by atomic mass is 10.00.